The van der Waals surface area contributed by atoms with Crippen LogP contribution in [0.2, 0.25) is 0 Å². The Morgan fingerprint density at radius 1 is 0.935 bits per heavy atom. The molecule has 0 radical (unpaired) electrons. The van der Waals surface area contributed by atoms with Gasteiger partial charge >= 0.3 is 0 Å². The van der Waals surface area contributed by atoms with Gasteiger partial charge in [-0.25, -0.2) is 0 Å². The molecule has 160 valence electrons. The van der Waals surface area contributed by atoms with Crippen LogP contribution in [0, 0.1) is 0 Å². The van der Waals surface area contributed by atoms with Crippen LogP contribution in [0.15, 0.2) is 78.9 Å². The fraction of sp³-hybridized carbons (Fsp3) is 0.231. The lowest BCUT2D eigenvalue weighted by molar-refractivity contribution is -0.118. The topological polar surface area (TPSA) is 58.6 Å². The van der Waals surface area contributed by atoms with E-state index < -0.39 is 0 Å². The van der Waals surface area contributed by atoms with Crippen LogP contribution in [0.5, 0.6) is 5.75 Å². The number of nitrogens with one attached hydrogen (secondary N) is 1. The summed E-state index contributed by atoms with van der Waals surface area (Å²) in [7, 11) is 0. The number of carbonyl (C=O) groups is 2. The average Bonchev–Trinajstić information content (AvgIpc) is 2.79. The van der Waals surface area contributed by atoms with E-state index in [-0.39, 0.29) is 18.4 Å². The first-order chi connectivity index (χ1) is 15.0. The molecule has 0 aliphatic carbocycles. The van der Waals surface area contributed by atoms with Gasteiger partial charge in [0.2, 0.25) is 0 Å². The van der Waals surface area contributed by atoms with Gasteiger partial charge < -0.3 is 15.0 Å². The third-order valence-corrected chi connectivity index (χ3v) is 4.94. The number of carbonyl (C=O) groups excluding carboxylic acids is 2. The maximum atomic E-state index is 13.0. The summed E-state index contributed by atoms with van der Waals surface area (Å²) >= 11 is 0. The summed E-state index contributed by atoms with van der Waals surface area (Å²) in [6.07, 6.45) is 0. The lowest BCUT2D eigenvalue weighted by atomic mass is 10.0. The Kier molecular flexibility index (Phi) is 7.44. The molecule has 0 heterocycles. The van der Waals surface area contributed by atoms with Crippen molar-refractivity contribution in [2.75, 3.05) is 23.4 Å². The number of nitrogens with zero attached hydrogens (tertiary/aromatic N) is 1. The van der Waals surface area contributed by atoms with Gasteiger partial charge in [-0.05, 0) is 60.9 Å². The molecule has 5 nitrogen and oxygen atoms in total. The molecule has 0 aliphatic rings. The Morgan fingerprint density at radius 2 is 1.65 bits per heavy atom. The van der Waals surface area contributed by atoms with Gasteiger partial charge in [0, 0.05) is 23.5 Å². The first-order valence-electron chi connectivity index (χ1n) is 10.5. The monoisotopic (exact) mass is 416 g/mol. The second-order valence-electron chi connectivity index (χ2n) is 7.53. The molecule has 0 aromatic heterocycles. The van der Waals surface area contributed by atoms with E-state index >= 15 is 0 Å². The highest BCUT2D eigenvalue weighted by atomic mass is 16.5. The maximum absolute atomic E-state index is 13.0. The summed E-state index contributed by atoms with van der Waals surface area (Å²) in [6, 6.07) is 24.2. The highest BCUT2D eigenvalue weighted by molar-refractivity contribution is 6.07. The third-order valence-electron chi connectivity index (χ3n) is 4.94. The van der Waals surface area contributed by atoms with Gasteiger partial charge in [0.1, 0.15) is 5.75 Å². The second kappa shape index (κ2) is 10.4. The minimum atomic E-state index is -0.284. The van der Waals surface area contributed by atoms with Crippen LogP contribution in [0.25, 0.3) is 0 Å². The Bertz CT molecular complexity index is 1010. The van der Waals surface area contributed by atoms with E-state index in [0.29, 0.717) is 29.5 Å². The van der Waals surface area contributed by atoms with Gasteiger partial charge in [0.25, 0.3) is 11.8 Å². The Balaban J connectivity index is 1.61. The molecule has 0 spiro atoms. The van der Waals surface area contributed by atoms with E-state index in [0.717, 1.165) is 5.69 Å². The summed E-state index contributed by atoms with van der Waals surface area (Å²) in [5.74, 6) is 0.682. The summed E-state index contributed by atoms with van der Waals surface area (Å²) < 4.78 is 5.58. The molecule has 0 bridgehead atoms. The first-order valence-corrected chi connectivity index (χ1v) is 10.5. The third kappa shape index (κ3) is 5.95. The van der Waals surface area contributed by atoms with Crippen molar-refractivity contribution in [3.63, 3.8) is 0 Å². The molecule has 31 heavy (non-hydrogen) atoms. The molecule has 1 N–H and O–H groups in total. The Morgan fingerprint density at radius 3 is 2.29 bits per heavy atom. The van der Waals surface area contributed by atoms with Gasteiger partial charge in [0.05, 0.1) is 0 Å². The van der Waals surface area contributed by atoms with Crippen molar-refractivity contribution in [1.82, 2.24) is 0 Å². The lowest BCUT2D eigenvalue weighted by Gasteiger charge is -2.21. The van der Waals surface area contributed by atoms with Gasteiger partial charge in [-0.2, -0.15) is 0 Å². The standard InChI is InChI=1S/C26H28N2O3/c1-4-28(23-11-6-5-7-12-23)26(30)21-9-8-10-22(17-21)27-25(29)18-31-24-15-13-20(14-16-24)19(2)3/h5-17,19H,4,18H2,1-3H3,(H,27,29). The normalized spacial score (nSPS) is 10.6. The summed E-state index contributed by atoms with van der Waals surface area (Å²) in [4.78, 5) is 27.0. The van der Waals surface area contributed by atoms with Crippen LogP contribution in [0.4, 0.5) is 11.4 Å². The van der Waals surface area contributed by atoms with Gasteiger partial charge in [-0.3, -0.25) is 9.59 Å². The van der Waals surface area contributed by atoms with E-state index in [9.17, 15) is 9.59 Å². The molecule has 5 heteroatoms. The second-order valence-corrected chi connectivity index (χ2v) is 7.53. The lowest BCUT2D eigenvalue weighted by Crippen LogP contribution is -2.30. The van der Waals surface area contributed by atoms with Crippen LogP contribution in [0.3, 0.4) is 0 Å². The molecule has 0 saturated heterocycles. The summed E-state index contributed by atoms with van der Waals surface area (Å²) in [5.41, 5.74) is 3.11. The predicted octanol–water partition coefficient (Wildman–Crippen LogP) is 5.49. The zero-order valence-corrected chi connectivity index (χ0v) is 18.2. The van der Waals surface area contributed by atoms with Crippen molar-refractivity contribution < 1.29 is 14.3 Å². The Labute approximate surface area is 183 Å². The minimum absolute atomic E-state index is 0.107. The number of amides is 2. The molecule has 3 aromatic rings. The van der Waals surface area contributed by atoms with E-state index in [1.54, 1.807) is 29.2 Å². The SMILES string of the molecule is CCN(C(=O)c1cccc(NC(=O)COc2ccc(C(C)C)cc2)c1)c1ccccc1. The number of hydrogen-bond donors (Lipinski definition) is 1. The summed E-state index contributed by atoms with van der Waals surface area (Å²) in [5, 5.41) is 2.80. The zero-order chi connectivity index (χ0) is 22.2. The average molecular weight is 417 g/mol. The molecule has 0 aliphatic heterocycles. The van der Waals surface area contributed by atoms with E-state index in [2.05, 4.69) is 19.2 Å². The molecule has 0 unspecified atom stereocenters. The van der Waals surface area contributed by atoms with Crippen LogP contribution >= 0.6 is 0 Å². The smallest absolute Gasteiger partial charge is 0.262 e. The van der Waals surface area contributed by atoms with Crippen molar-refractivity contribution in [2.24, 2.45) is 0 Å². The van der Waals surface area contributed by atoms with Gasteiger partial charge in [-0.15, -0.1) is 0 Å². The van der Waals surface area contributed by atoms with Crippen molar-refractivity contribution in [3.05, 3.63) is 90.0 Å². The molecule has 3 rings (SSSR count). The molecule has 3 aromatic carbocycles. The number of hydrogen-bond acceptors (Lipinski definition) is 3. The van der Waals surface area contributed by atoms with E-state index in [4.69, 9.17) is 4.74 Å². The van der Waals surface area contributed by atoms with Crippen molar-refractivity contribution in [3.8, 4) is 5.75 Å². The highest BCUT2D eigenvalue weighted by Gasteiger charge is 2.16. The highest BCUT2D eigenvalue weighted by Crippen LogP contribution is 2.20. The van der Waals surface area contributed by atoms with Crippen LogP contribution in [0.1, 0.15) is 42.6 Å². The molecular formula is C26H28N2O3. The molecule has 0 fully saturated rings. The molecule has 2 amide bonds. The first kappa shape index (κ1) is 22.1. The fourth-order valence-electron chi connectivity index (χ4n) is 3.23. The minimum Gasteiger partial charge on any atom is -0.484 e. The van der Waals surface area contributed by atoms with Gasteiger partial charge in [-0.1, -0.05) is 50.2 Å². The van der Waals surface area contributed by atoms with Gasteiger partial charge in [0.15, 0.2) is 6.61 Å². The molecule has 0 atom stereocenters. The van der Waals surface area contributed by atoms with E-state index in [1.807, 2.05) is 61.5 Å². The van der Waals surface area contributed by atoms with E-state index in [1.165, 1.54) is 5.56 Å². The van der Waals surface area contributed by atoms with Crippen molar-refractivity contribution in [1.29, 1.82) is 0 Å². The molecular weight excluding hydrogens is 388 g/mol. The number of benzene rings is 3. The predicted molar refractivity (Wildman–Crippen MR) is 125 cm³/mol. The maximum Gasteiger partial charge on any atom is 0.262 e. The number of rotatable bonds is 8. The fourth-order valence-corrected chi connectivity index (χ4v) is 3.23. The number of para-hydroxylation sites is 1. The summed E-state index contributed by atoms with van der Waals surface area (Å²) in [6.45, 7) is 6.62. The van der Waals surface area contributed by atoms with Crippen molar-refractivity contribution >= 4 is 23.2 Å². The molecule has 0 saturated carbocycles. The van der Waals surface area contributed by atoms with Crippen molar-refractivity contribution in [2.45, 2.75) is 26.7 Å². The zero-order valence-electron chi connectivity index (χ0n) is 18.2. The van der Waals surface area contributed by atoms with Crippen LogP contribution in [-0.4, -0.2) is 25.0 Å². The quantitative estimate of drug-likeness (QED) is 0.528. The van der Waals surface area contributed by atoms with Crippen LogP contribution < -0.4 is 15.0 Å². The Hall–Kier alpha value is -3.60. The number of anilines is 2. The number of ether oxygens (including phenoxy) is 1. The largest absolute Gasteiger partial charge is 0.484 e. The van der Waals surface area contributed by atoms with Crippen LogP contribution in [-0.2, 0) is 4.79 Å².